The molecule has 0 aromatic heterocycles. The third-order valence-corrected chi connectivity index (χ3v) is 6.98. The highest BCUT2D eigenvalue weighted by Crippen LogP contribution is 2.17. The van der Waals surface area contributed by atoms with E-state index in [1.54, 1.807) is 48.5 Å². The van der Waals surface area contributed by atoms with Crippen LogP contribution in [0.5, 0.6) is 0 Å². The number of rotatable bonds is 14. The standard InChI is InChI=1S/C17H17N3O6.C15H15N3O4/c1-26-17(21)18(12-14-4-8-16(9-5-14)20(24)25)11-10-13-2-6-15(7-3-13)19(22)23;19-17(20)14-5-1-12(2-6-14)9-10-16-11-13-3-7-15(8-4-13)18(21)22/h2-9H,10-12H2,1H3;1-8,16H,9-11H2. The highest BCUT2D eigenvalue weighted by Gasteiger charge is 2.16. The summed E-state index contributed by atoms with van der Waals surface area (Å²) >= 11 is 0. The van der Waals surface area contributed by atoms with Gasteiger partial charge in [-0.25, -0.2) is 4.79 Å². The van der Waals surface area contributed by atoms with Crippen molar-refractivity contribution in [1.29, 1.82) is 0 Å². The van der Waals surface area contributed by atoms with Crippen molar-refractivity contribution in [2.45, 2.75) is 25.9 Å². The van der Waals surface area contributed by atoms with Crippen molar-refractivity contribution in [3.8, 4) is 0 Å². The molecule has 0 aliphatic carbocycles. The van der Waals surface area contributed by atoms with Crippen LogP contribution < -0.4 is 5.32 Å². The lowest BCUT2D eigenvalue weighted by molar-refractivity contribution is -0.385. The van der Waals surface area contributed by atoms with Crippen molar-refractivity contribution in [2.24, 2.45) is 0 Å². The van der Waals surface area contributed by atoms with E-state index in [0.717, 1.165) is 35.2 Å². The Labute approximate surface area is 274 Å². The number of hydrogen-bond acceptors (Lipinski definition) is 11. The Hall–Kier alpha value is -6.29. The zero-order valence-electron chi connectivity index (χ0n) is 25.8. The molecule has 0 heterocycles. The van der Waals surface area contributed by atoms with Crippen LogP contribution in [-0.4, -0.2) is 50.9 Å². The Morgan fingerprint density at radius 3 is 1.31 bits per heavy atom. The van der Waals surface area contributed by atoms with Gasteiger partial charge in [-0.2, -0.15) is 0 Å². The van der Waals surface area contributed by atoms with Crippen molar-refractivity contribution in [1.82, 2.24) is 10.2 Å². The number of non-ortho nitro benzene ring substituents is 4. The lowest BCUT2D eigenvalue weighted by Gasteiger charge is -2.21. The van der Waals surface area contributed by atoms with Crippen LogP contribution in [0.4, 0.5) is 27.5 Å². The minimum Gasteiger partial charge on any atom is -0.453 e. The second kappa shape index (κ2) is 18.0. The molecule has 0 spiro atoms. The van der Waals surface area contributed by atoms with Gasteiger partial charge in [0.2, 0.25) is 0 Å². The molecular weight excluding hydrogens is 628 g/mol. The smallest absolute Gasteiger partial charge is 0.409 e. The second-order valence-electron chi connectivity index (χ2n) is 10.3. The van der Waals surface area contributed by atoms with E-state index >= 15 is 0 Å². The van der Waals surface area contributed by atoms with Crippen molar-refractivity contribution < 1.29 is 29.2 Å². The predicted octanol–water partition coefficient (Wildman–Crippen LogP) is 6.15. The number of nitrogens with one attached hydrogen (secondary N) is 1. The first-order valence-corrected chi connectivity index (χ1v) is 14.4. The van der Waals surface area contributed by atoms with Gasteiger partial charge in [0.1, 0.15) is 0 Å². The fraction of sp³-hybridized carbons (Fsp3) is 0.219. The topological polar surface area (TPSA) is 214 Å². The molecule has 48 heavy (non-hydrogen) atoms. The molecule has 4 aromatic rings. The highest BCUT2D eigenvalue weighted by molar-refractivity contribution is 5.67. The molecule has 0 unspecified atom stereocenters. The summed E-state index contributed by atoms with van der Waals surface area (Å²) in [5, 5.41) is 45.7. The average Bonchev–Trinajstić information content (AvgIpc) is 3.09. The molecular formula is C32H32N6O10. The van der Waals surface area contributed by atoms with E-state index in [-0.39, 0.29) is 29.3 Å². The van der Waals surface area contributed by atoms with E-state index in [1.165, 1.54) is 60.5 Å². The van der Waals surface area contributed by atoms with Crippen LogP contribution in [0.2, 0.25) is 0 Å². The van der Waals surface area contributed by atoms with Crippen LogP contribution in [0.1, 0.15) is 22.3 Å². The molecule has 250 valence electrons. The zero-order valence-corrected chi connectivity index (χ0v) is 25.8. The van der Waals surface area contributed by atoms with E-state index in [4.69, 9.17) is 4.74 Å². The molecule has 4 aromatic carbocycles. The molecule has 0 saturated heterocycles. The van der Waals surface area contributed by atoms with Gasteiger partial charge in [-0.3, -0.25) is 40.5 Å². The van der Waals surface area contributed by atoms with Gasteiger partial charge < -0.3 is 15.0 Å². The SMILES string of the molecule is COC(=O)N(CCc1ccc([N+](=O)[O-])cc1)Cc1ccc([N+](=O)[O-])cc1.O=[N+]([O-])c1ccc(CCNCc2ccc([N+](=O)[O-])cc2)cc1. The van der Waals surface area contributed by atoms with Crippen molar-refractivity contribution in [3.05, 3.63) is 160 Å². The number of nitro groups is 4. The Bertz CT molecular complexity index is 1640. The number of carbonyl (C=O) groups excluding carboxylic acids is 1. The van der Waals surface area contributed by atoms with Crippen molar-refractivity contribution >= 4 is 28.8 Å². The quantitative estimate of drug-likeness (QED) is 0.0919. The molecule has 0 aliphatic rings. The van der Waals surface area contributed by atoms with Gasteiger partial charge in [-0.15, -0.1) is 0 Å². The molecule has 0 atom stereocenters. The molecule has 16 heteroatoms. The summed E-state index contributed by atoms with van der Waals surface area (Å²) in [5.74, 6) is 0. The van der Waals surface area contributed by atoms with Crippen LogP contribution >= 0.6 is 0 Å². The predicted molar refractivity (Wildman–Crippen MR) is 174 cm³/mol. The number of carbonyl (C=O) groups is 1. The van der Waals surface area contributed by atoms with Gasteiger partial charge in [-0.1, -0.05) is 48.5 Å². The van der Waals surface area contributed by atoms with Crippen molar-refractivity contribution in [3.63, 3.8) is 0 Å². The summed E-state index contributed by atoms with van der Waals surface area (Å²) in [6, 6.07) is 24.9. The maximum Gasteiger partial charge on any atom is 0.409 e. The van der Waals surface area contributed by atoms with Crippen molar-refractivity contribution in [2.75, 3.05) is 20.2 Å². The summed E-state index contributed by atoms with van der Waals surface area (Å²) in [6.45, 7) is 1.90. The molecule has 0 aliphatic heterocycles. The van der Waals surface area contributed by atoms with Gasteiger partial charge in [0.05, 0.1) is 26.8 Å². The monoisotopic (exact) mass is 660 g/mol. The fourth-order valence-electron chi connectivity index (χ4n) is 4.34. The lowest BCUT2D eigenvalue weighted by atomic mass is 10.1. The molecule has 0 fully saturated rings. The van der Waals surface area contributed by atoms with E-state index in [0.29, 0.717) is 19.5 Å². The van der Waals surface area contributed by atoms with Crippen LogP contribution in [0.15, 0.2) is 97.1 Å². The average molecular weight is 661 g/mol. The highest BCUT2D eigenvalue weighted by atomic mass is 16.6. The van der Waals surface area contributed by atoms with E-state index in [9.17, 15) is 45.3 Å². The maximum absolute atomic E-state index is 12.0. The molecule has 0 radical (unpaired) electrons. The molecule has 16 nitrogen and oxygen atoms in total. The van der Waals surface area contributed by atoms with E-state index in [2.05, 4.69) is 5.32 Å². The zero-order chi connectivity index (χ0) is 35.1. The summed E-state index contributed by atoms with van der Waals surface area (Å²) in [7, 11) is 1.27. The number of methoxy groups -OCH3 is 1. The molecule has 4 rings (SSSR count). The summed E-state index contributed by atoms with van der Waals surface area (Å²) in [5.41, 5.74) is 3.69. The number of nitrogens with zero attached hydrogens (tertiary/aromatic N) is 5. The van der Waals surface area contributed by atoms with Gasteiger partial charge >= 0.3 is 6.09 Å². The minimum absolute atomic E-state index is 0.00412. The molecule has 0 saturated carbocycles. The van der Waals surface area contributed by atoms with Gasteiger partial charge in [0.25, 0.3) is 22.7 Å². The van der Waals surface area contributed by atoms with Gasteiger partial charge in [-0.05, 0) is 41.6 Å². The Morgan fingerprint density at radius 1 is 0.583 bits per heavy atom. The maximum atomic E-state index is 12.0. The lowest BCUT2D eigenvalue weighted by Crippen LogP contribution is -2.32. The second-order valence-corrected chi connectivity index (χ2v) is 10.3. The van der Waals surface area contributed by atoms with Crippen LogP contribution in [0, 0.1) is 40.5 Å². The van der Waals surface area contributed by atoms with E-state index < -0.39 is 25.8 Å². The first kappa shape index (κ1) is 36.2. The Morgan fingerprint density at radius 2 is 0.938 bits per heavy atom. The first-order chi connectivity index (χ1) is 23.0. The number of ether oxygens (including phenoxy) is 1. The summed E-state index contributed by atoms with van der Waals surface area (Å²) in [4.78, 5) is 54.1. The number of amides is 1. The first-order valence-electron chi connectivity index (χ1n) is 14.4. The van der Waals surface area contributed by atoms with E-state index in [1.807, 2.05) is 0 Å². The minimum atomic E-state index is -0.523. The largest absolute Gasteiger partial charge is 0.453 e. The molecule has 0 bridgehead atoms. The third kappa shape index (κ3) is 11.6. The number of benzene rings is 4. The summed E-state index contributed by atoms with van der Waals surface area (Å²) in [6.07, 6.45) is 0.718. The molecule has 1 amide bonds. The Kier molecular flexibility index (Phi) is 13.6. The number of hydrogen-bond donors (Lipinski definition) is 1. The third-order valence-electron chi connectivity index (χ3n) is 6.98. The normalized spacial score (nSPS) is 10.3. The van der Waals surface area contributed by atoms with Gasteiger partial charge in [0, 0.05) is 68.2 Å². The van der Waals surface area contributed by atoms with Crippen LogP contribution in [0.3, 0.4) is 0 Å². The van der Waals surface area contributed by atoms with Gasteiger partial charge in [0.15, 0.2) is 0 Å². The Balaban J connectivity index is 0.000000264. The number of nitro benzene ring substituents is 4. The van der Waals surface area contributed by atoms with Crippen LogP contribution in [0.25, 0.3) is 0 Å². The molecule has 1 N–H and O–H groups in total. The van der Waals surface area contributed by atoms with Crippen LogP contribution in [-0.2, 0) is 30.7 Å². The fourth-order valence-corrected chi connectivity index (χ4v) is 4.34. The summed E-state index contributed by atoms with van der Waals surface area (Å²) < 4.78 is 4.77.